The van der Waals surface area contributed by atoms with Gasteiger partial charge >= 0.3 is 0 Å². The highest BCUT2D eigenvalue weighted by molar-refractivity contribution is 5.78. The molecule has 0 radical (unpaired) electrons. The highest BCUT2D eigenvalue weighted by Gasteiger charge is 2.24. The van der Waals surface area contributed by atoms with Gasteiger partial charge < -0.3 is 14.8 Å². The van der Waals surface area contributed by atoms with Gasteiger partial charge in [-0.3, -0.25) is 4.79 Å². The Morgan fingerprint density at radius 3 is 2.62 bits per heavy atom. The topological polar surface area (TPSA) is 47.6 Å². The van der Waals surface area contributed by atoms with Gasteiger partial charge in [0.15, 0.2) is 6.29 Å². The Kier molecular flexibility index (Phi) is 4.18. The molecule has 0 saturated carbocycles. The number of carbonyl (C=O) groups excluding carboxylic acids is 1. The fourth-order valence-electron chi connectivity index (χ4n) is 1.14. The summed E-state index contributed by atoms with van der Waals surface area (Å²) in [6.07, 6.45) is 0.784. The molecule has 0 aliphatic carbocycles. The molecule has 0 unspecified atom stereocenters. The van der Waals surface area contributed by atoms with Crippen molar-refractivity contribution in [3.05, 3.63) is 0 Å². The maximum Gasteiger partial charge on any atom is 0.227 e. The molecule has 0 atom stereocenters. The molecule has 0 aromatic rings. The van der Waals surface area contributed by atoms with E-state index in [1.54, 1.807) is 0 Å². The fourth-order valence-corrected chi connectivity index (χ4v) is 1.14. The molecule has 1 aliphatic rings. The van der Waals surface area contributed by atoms with Gasteiger partial charge in [0.1, 0.15) is 0 Å². The number of nitrogens with one attached hydrogen (secondary N) is 1. The van der Waals surface area contributed by atoms with Crippen molar-refractivity contribution in [1.29, 1.82) is 0 Å². The molecule has 1 rings (SSSR count). The van der Waals surface area contributed by atoms with Gasteiger partial charge in [0.05, 0.1) is 19.1 Å². The minimum Gasteiger partial charge on any atom is -0.356 e. The molecule has 13 heavy (non-hydrogen) atoms. The molecule has 1 saturated heterocycles. The lowest BCUT2D eigenvalue weighted by atomic mass is 10.1. The van der Waals surface area contributed by atoms with E-state index in [9.17, 15) is 4.79 Å². The first-order chi connectivity index (χ1) is 6.24. The van der Waals surface area contributed by atoms with Crippen molar-refractivity contribution < 1.29 is 14.3 Å². The van der Waals surface area contributed by atoms with Crippen LogP contribution in [0.25, 0.3) is 0 Å². The first-order valence-electron chi connectivity index (χ1n) is 4.75. The second-order valence-electron chi connectivity index (χ2n) is 3.22. The third-order valence-corrected chi connectivity index (χ3v) is 1.98. The second-order valence-corrected chi connectivity index (χ2v) is 3.22. The molecule has 1 heterocycles. The Hall–Kier alpha value is -0.610. The molecule has 0 aromatic carbocycles. The SMILES string of the molecule is CCCNC(=O)C1COC(C)OC1. The quantitative estimate of drug-likeness (QED) is 0.700. The second kappa shape index (κ2) is 5.19. The van der Waals surface area contributed by atoms with Crippen molar-refractivity contribution in [1.82, 2.24) is 5.32 Å². The van der Waals surface area contributed by atoms with Crippen LogP contribution in [-0.2, 0) is 14.3 Å². The van der Waals surface area contributed by atoms with Gasteiger partial charge in [-0.25, -0.2) is 0 Å². The zero-order chi connectivity index (χ0) is 9.68. The van der Waals surface area contributed by atoms with Crippen LogP contribution in [0.4, 0.5) is 0 Å². The van der Waals surface area contributed by atoms with Gasteiger partial charge in [0.2, 0.25) is 5.91 Å². The molecular formula is C9H17NO3. The molecule has 76 valence electrons. The molecule has 0 spiro atoms. The number of ether oxygens (including phenoxy) is 2. The van der Waals surface area contributed by atoms with E-state index in [-0.39, 0.29) is 18.1 Å². The largest absolute Gasteiger partial charge is 0.356 e. The van der Waals surface area contributed by atoms with Gasteiger partial charge in [-0.1, -0.05) is 6.92 Å². The third-order valence-electron chi connectivity index (χ3n) is 1.98. The van der Waals surface area contributed by atoms with Crippen molar-refractivity contribution in [3.8, 4) is 0 Å². The van der Waals surface area contributed by atoms with Crippen molar-refractivity contribution in [2.75, 3.05) is 19.8 Å². The summed E-state index contributed by atoms with van der Waals surface area (Å²) in [6.45, 7) is 5.52. The normalized spacial score (nSPS) is 28.5. The molecule has 1 N–H and O–H groups in total. The van der Waals surface area contributed by atoms with E-state index >= 15 is 0 Å². The molecule has 4 nitrogen and oxygen atoms in total. The van der Waals surface area contributed by atoms with Crippen LogP contribution in [0, 0.1) is 5.92 Å². The van der Waals surface area contributed by atoms with Crippen LogP contribution in [-0.4, -0.2) is 32.0 Å². The van der Waals surface area contributed by atoms with Gasteiger partial charge in [0, 0.05) is 6.54 Å². The number of carbonyl (C=O) groups is 1. The lowest BCUT2D eigenvalue weighted by molar-refractivity contribution is -0.192. The average Bonchev–Trinajstić information content (AvgIpc) is 2.15. The summed E-state index contributed by atoms with van der Waals surface area (Å²) >= 11 is 0. The molecule has 0 aromatic heterocycles. The van der Waals surface area contributed by atoms with Crippen LogP contribution in [0.1, 0.15) is 20.3 Å². The molecule has 1 amide bonds. The zero-order valence-electron chi connectivity index (χ0n) is 8.21. The van der Waals surface area contributed by atoms with Crippen molar-refractivity contribution in [3.63, 3.8) is 0 Å². The Balaban J connectivity index is 2.23. The Morgan fingerprint density at radius 2 is 2.08 bits per heavy atom. The monoisotopic (exact) mass is 187 g/mol. The lowest BCUT2D eigenvalue weighted by Crippen LogP contribution is -2.41. The molecule has 1 aliphatic heterocycles. The average molecular weight is 187 g/mol. The van der Waals surface area contributed by atoms with Crippen LogP contribution >= 0.6 is 0 Å². The maximum absolute atomic E-state index is 11.4. The van der Waals surface area contributed by atoms with E-state index < -0.39 is 0 Å². The Morgan fingerprint density at radius 1 is 1.46 bits per heavy atom. The van der Waals surface area contributed by atoms with Crippen molar-refractivity contribution in [2.45, 2.75) is 26.6 Å². The fraction of sp³-hybridized carbons (Fsp3) is 0.889. The first-order valence-corrected chi connectivity index (χ1v) is 4.75. The summed E-state index contributed by atoms with van der Waals surface area (Å²) < 4.78 is 10.4. The van der Waals surface area contributed by atoms with Crippen LogP contribution in [0.15, 0.2) is 0 Å². The van der Waals surface area contributed by atoms with E-state index in [0.717, 1.165) is 13.0 Å². The molecule has 4 heteroatoms. The van der Waals surface area contributed by atoms with Crippen LogP contribution in [0.5, 0.6) is 0 Å². The van der Waals surface area contributed by atoms with Crippen LogP contribution < -0.4 is 5.32 Å². The summed E-state index contributed by atoms with van der Waals surface area (Å²) in [5, 5.41) is 2.82. The van der Waals surface area contributed by atoms with E-state index in [0.29, 0.717) is 13.2 Å². The Labute approximate surface area is 78.6 Å². The van der Waals surface area contributed by atoms with Crippen LogP contribution in [0.3, 0.4) is 0 Å². The van der Waals surface area contributed by atoms with E-state index in [1.807, 2.05) is 13.8 Å². The maximum atomic E-state index is 11.4. The van der Waals surface area contributed by atoms with Gasteiger partial charge in [-0.15, -0.1) is 0 Å². The van der Waals surface area contributed by atoms with Gasteiger partial charge in [-0.05, 0) is 13.3 Å². The molecular weight excluding hydrogens is 170 g/mol. The van der Waals surface area contributed by atoms with Crippen LogP contribution in [0.2, 0.25) is 0 Å². The van der Waals surface area contributed by atoms with Crippen molar-refractivity contribution >= 4 is 5.91 Å². The number of rotatable bonds is 3. The summed E-state index contributed by atoms with van der Waals surface area (Å²) in [6, 6.07) is 0. The Bertz CT molecular complexity index is 164. The minimum absolute atomic E-state index is 0.0359. The highest BCUT2D eigenvalue weighted by atomic mass is 16.7. The number of hydrogen-bond donors (Lipinski definition) is 1. The van der Waals surface area contributed by atoms with Gasteiger partial charge in [0.25, 0.3) is 0 Å². The zero-order valence-corrected chi connectivity index (χ0v) is 8.21. The van der Waals surface area contributed by atoms with Gasteiger partial charge in [-0.2, -0.15) is 0 Å². The minimum atomic E-state index is -0.171. The molecule has 1 fully saturated rings. The summed E-state index contributed by atoms with van der Waals surface area (Å²) in [5.74, 6) is -0.100. The highest BCUT2D eigenvalue weighted by Crippen LogP contribution is 2.10. The van der Waals surface area contributed by atoms with E-state index in [1.165, 1.54) is 0 Å². The van der Waals surface area contributed by atoms with E-state index in [4.69, 9.17) is 9.47 Å². The summed E-state index contributed by atoms with van der Waals surface area (Å²) in [5.41, 5.74) is 0. The first kappa shape index (κ1) is 10.5. The number of amides is 1. The van der Waals surface area contributed by atoms with Crippen molar-refractivity contribution in [2.24, 2.45) is 5.92 Å². The predicted molar refractivity (Wildman–Crippen MR) is 48.2 cm³/mol. The standard InChI is InChI=1S/C9H17NO3/c1-3-4-10-9(11)8-5-12-7(2)13-6-8/h7-8H,3-6H2,1-2H3,(H,10,11). The predicted octanol–water partition coefficient (Wildman–Crippen LogP) is 0.522. The summed E-state index contributed by atoms with van der Waals surface area (Å²) in [7, 11) is 0. The molecule has 0 bridgehead atoms. The third kappa shape index (κ3) is 3.32. The number of hydrogen-bond acceptors (Lipinski definition) is 3. The summed E-state index contributed by atoms with van der Waals surface area (Å²) in [4.78, 5) is 11.4. The lowest BCUT2D eigenvalue weighted by Gasteiger charge is -2.26. The smallest absolute Gasteiger partial charge is 0.227 e. The van der Waals surface area contributed by atoms with E-state index in [2.05, 4.69) is 5.32 Å².